The fraction of sp³-hybridized carbons (Fsp3) is 0.500. The number of aryl methyl sites for hydroxylation is 1. The Morgan fingerprint density at radius 3 is 2.56 bits per heavy atom. The molecule has 0 spiro atoms. The average Bonchev–Trinajstić information content (AvgIpc) is 2.26. The van der Waals surface area contributed by atoms with E-state index >= 15 is 0 Å². The highest BCUT2D eigenvalue weighted by molar-refractivity contribution is 7.91. The minimum absolute atomic E-state index is 0.155. The molecule has 0 amide bonds. The van der Waals surface area contributed by atoms with Gasteiger partial charge in [0, 0.05) is 0 Å². The molecule has 0 aliphatic heterocycles. The maximum Gasteiger partial charge on any atom is 0.178 e. The van der Waals surface area contributed by atoms with Crippen LogP contribution in [0.5, 0.6) is 0 Å². The molecule has 16 heavy (non-hydrogen) atoms. The lowest BCUT2D eigenvalue weighted by molar-refractivity contribution is 0.595. The maximum absolute atomic E-state index is 11.9. The second-order valence-corrected chi connectivity index (χ2v) is 6.11. The predicted octanol–water partition coefficient (Wildman–Crippen LogP) is 1.55. The van der Waals surface area contributed by atoms with Crippen LogP contribution in [0.4, 0.5) is 0 Å². The molecule has 0 unspecified atom stereocenters. The quantitative estimate of drug-likeness (QED) is 0.851. The second-order valence-electron chi connectivity index (χ2n) is 3.87. The van der Waals surface area contributed by atoms with Gasteiger partial charge in [-0.3, -0.25) is 0 Å². The van der Waals surface area contributed by atoms with Crippen LogP contribution in [0.2, 0.25) is 0 Å². The average molecular weight is 241 g/mol. The summed E-state index contributed by atoms with van der Waals surface area (Å²) in [5.74, 6) is 0.155. The molecule has 90 valence electrons. The van der Waals surface area contributed by atoms with E-state index in [2.05, 4.69) is 5.32 Å². The number of likely N-dealkylation sites (N-methyl/N-ethyl adjacent to an activating group) is 1. The molecular weight excluding hydrogens is 222 g/mol. The van der Waals surface area contributed by atoms with Crippen molar-refractivity contribution >= 4 is 9.84 Å². The molecule has 0 saturated carbocycles. The van der Waals surface area contributed by atoms with Gasteiger partial charge >= 0.3 is 0 Å². The van der Waals surface area contributed by atoms with Crippen LogP contribution in [0.3, 0.4) is 0 Å². The first-order valence-electron chi connectivity index (χ1n) is 5.48. The predicted molar refractivity (Wildman–Crippen MR) is 66.5 cm³/mol. The van der Waals surface area contributed by atoms with E-state index in [9.17, 15) is 8.42 Å². The van der Waals surface area contributed by atoms with Crippen molar-refractivity contribution in [1.82, 2.24) is 5.32 Å². The van der Waals surface area contributed by atoms with Crippen molar-refractivity contribution in [3.63, 3.8) is 0 Å². The van der Waals surface area contributed by atoms with Gasteiger partial charge in [-0.15, -0.1) is 0 Å². The van der Waals surface area contributed by atoms with E-state index in [4.69, 9.17) is 0 Å². The molecule has 1 aromatic carbocycles. The highest BCUT2D eigenvalue weighted by Crippen LogP contribution is 2.19. The summed E-state index contributed by atoms with van der Waals surface area (Å²) in [5.41, 5.74) is 2.01. The van der Waals surface area contributed by atoms with Gasteiger partial charge < -0.3 is 5.32 Å². The first kappa shape index (κ1) is 13.2. The molecule has 1 aromatic rings. The minimum atomic E-state index is -3.10. The van der Waals surface area contributed by atoms with Crippen molar-refractivity contribution in [3.05, 3.63) is 29.3 Å². The monoisotopic (exact) mass is 241 g/mol. The zero-order chi connectivity index (χ0) is 12.2. The lowest BCUT2D eigenvalue weighted by atomic mass is 10.1. The topological polar surface area (TPSA) is 46.2 Å². The Morgan fingerprint density at radius 2 is 2.00 bits per heavy atom. The Bertz CT molecular complexity index is 452. The van der Waals surface area contributed by atoms with Gasteiger partial charge in [0.1, 0.15) is 0 Å². The van der Waals surface area contributed by atoms with Gasteiger partial charge in [-0.25, -0.2) is 8.42 Å². The molecular formula is C12H19NO2S. The standard InChI is InChI=1S/C12H19NO2S/c1-4-16(14,15)12-6-5-10(2)9-11(12)7-8-13-3/h5-6,9,13H,4,7-8H2,1-3H3. The summed E-state index contributed by atoms with van der Waals surface area (Å²) in [6, 6.07) is 5.53. The first-order chi connectivity index (χ1) is 7.51. The summed E-state index contributed by atoms with van der Waals surface area (Å²) >= 11 is 0. The minimum Gasteiger partial charge on any atom is -0.319 e. The largest absolute Gasteiger partial charge is 0.319 e. The molecule has 0 aliphatic carbocycles. The molecule has 0 bridgehead atoms. The Kier molecular flexibility index (Phi) is 4.50. The number of hydrogen-bond acceptors (Lipinski definition) is 3. The molecule has 0 atom stereocenters. The molecule has 0 fully saturated rings. The highest BCUT2D eigenvalue weighted by atomic mass is 32.2. The summed E-state index contributed by atoms with van der Waals surface area (Å²) in [6.45, 7) is 4.44. The van der Waals surface area contributed by atoms with Gasteiger partial charge in [-0.1, -0.05) is 24.6 Å². The second kappa shape index (κ2) is 5.46. The van der Waals surface area contributed by atoms with E-state index in [0.29, 0.717) is 4.90 Å². The number of hydrogen-bond donors (Lipinski definition) is 1. The third-order valence-corrected chi connectivity index (χ3v) is 4.40. The van der Waals surface area contributed by atoms with Crippen LogP contribution in [0.25, 0.3) is 0 Å². The van der Waals surface area contributed by atoms with Crippen LogP contribution in [0.1, 0.15) is 18.1 Å². The molecule has 1 rings (SSSR count). The molecule has 3 nitrogen and oxygen atoms in total. The normalized spacial score (nSPS) is 11.7. The van der Waals surface area contributed by atoms with Gasteiger partial charge in [0.2, 0.25) is 0 Å². The van der Waals surface area contributed by atoms with Crippen LogP contribution < -0.4 is 5.32 Å². The third kappa shape index (κ3) is 3.06. The summed E-state index contributed by atoms with van der Waals surface area (Å²) in [7, 11) is -1.24. The van der Waals surface area contributed by atoms with E-state index < -0.39 is 9.84 Å². The highest BCUT2D eigenvalue weighted by Gasteiger charge is 2.15. The van der Waals surface area contributed by atoms with Crippen LogP contribution in [-0.4, -0.2) is 27.8 Å². The van der Waals surface area contributed by atoms with Crippen LogP contribution >= 0.6 is 0 Å². The fourth-order valence-electron chi connectivity index (χ4n) is 1.62. The summed E-state index contributed by atoms with van der Waals surface area (Å²) in [5, 5.41) is 3.04. The van der Waals surface area contributed by atoms with E-state index in [-0.39, 0.29) is 5.75 Å². The Morgan fingerprint density at radius 1 is 1.31 bits per heavy atom. The molecule has 0 aliphatic rings. The van der Waals surface area contributed by atoms with Crippen LogP contribution in [0.15, 0.2) is 23.1 Å². The Hall–Kier alpha value is -0.870. The maximum atomic E-state index is 11.9. The summed E-state index contributed by atoms with van der Waals surface area (Å²) in [6.07, 6.45) is 0.743. The molecule has 4 heteroatoms. The number of nitrogens with one attached hydrogen (secondary N) is 1. The van der Waals surface area contributed by atoms with Crippen molar-refractivity contribution in [2.24, 2.45) is 0 Å². The fourth-order valence-corrected chi connectivity index (χ4v) is 2.77. The number of benzene rings is 1. The van der Waals surface area contributed by atoms with Gasteiger partial charge in [0.05, 0.1) is 10.6 Å². The first-order valence-corrected chi connectivity index (χ1v) is 7.13. The molecule has 1 N–H and O–H groups in total. The number of sulfone groups is 1. The zero-order valence-electron chi connectivity index (χ0n) is 10.1. The molecule has 0 heterocycles. The van der Waals surface area contributed by atoms with Gasteiger partial charge in [0.15, 0.2) is 9.84 Å². The van der Waals surface area contributed by atoms with Gasteiger partial charge in [-0.2, -0.15) is 0 Å². The molecule has 0 radical (unpaired) electrons. The van der Waals surface area contributed by atoms with Gasteiger partial charge in [-0.05, 0) is 38.6 Å². The van der Waals surface area contributed by atoms with Gasteiger partial charge in [0.25, 0.3) is 0 Å². The lowest BCUT2D eigenvalue weighted by Crippen LogP contribution is -2.14. The van der Waals surface area contributed by atoms with E-state index in [1.807, 2.05) is 26.1 Å². The molecule has 0 aromatic heterocycles. The Labute approximate surface area is 97.8 Å². The van der Waals surface area contributed by atoms with Crippen molar-refractivity contribution < 1.29 is 8.42 Å². The van der Waals surface area contributed by atoms with Crippen LogP contribution in [-0.2, 0) is 16.3 Å². The van der Waals surface area contributed by atoms with Crippen molar-refractivity contribution in [1.29, 1.82) is 0 Å². The lowest BCUT2D eigenvalue weighted by Gasteiger charge is -2.10. The van der Waals surface area contributed by atoms with Crippen LogP contribution in [0, 0.1) is 6.92 Å². The van der Waals surface area contributed by atoms with Crippen molar-refractivity contribution in [2.75, 3.05) is 19.3 Å². The van der Waals surface area contributed by atoms with E-state index in [1.54, 1.807) is 13.0 Å². The van der Waals surface area contributed by atoms with E-state index in [0.717, 1.165) is 24.1 Å². The summed E-state index contributed by atoms with van der Waals surface area (Å²) in [4.78, 5) is 0.482. The van der Waals surface area contributed by atoms with E-state index in [1.165, 1.54) is 0 Å². The number of rotatable bonds is 5. The SMILES string of the molecule is CCS(=O)(=O)c1ccc(C)cc1CCNC. The molecule has 0 saturated heterocycles. The smallest absolute Gasteiger partial charge is 0.178 e. The summed E-state index contributed by atoms with van der Waals surface area (Å²) < 4.78 is 23.8. The van der Waals surface area contributed by atoms with Crippen molar-refractivity contribution in [3.8, 4) is 0 Å². The third-order valence-electron chi connectivity index (χ3n) is 2.58. The van der Waals surface area contributed by atoms with Crippen molar-refractivity contribution in [2.45, 2.75) is 25.2 Å². The zero-order valence-corrected chi connectivity index (χ0v) is 10.9. The Balaban J connectivity index is 3.17.